The van der Waals surface area contributed by atoms with E-state index in [1.807, 2.05) is 30.3 Å². The molecule has 0 bridgehead atoms. The SMILES string of the molecule is CN(CC(=O)Nc1ccc(N2CCOCC2)cc1)C(=O)Cn1ncc2ccccc2c1=O. The summed E-state index contributed by atoms with van der Waals surface area (Å²) in [6.07, 6.45) is 1.55. The number of nitrogens with one attached hydrogen (secondary N) is 1. The van der Waals surface area contributed by atoms with Crippen LogP contribution >= 0.6 is 0 Å². The number of benzene rings is 2. The number of amides is 2. The molecule has 166 valence electrons. The van der Waals surface area contributed by atoms with Crippen LogP contribution in [0.5, 0.6) is 0 Å². The molecule has 9 nitrogen and oxygen atoms in total. The van der Waals surface area contributed by atoms with Gasteiger partial charge in [0, 0.05) is 36.9 Å². The van der Waals surface area contributed by atoms with Crippen LogP contribution in [0.4, 0.5) is 11.4 Å². The van der Waals surface area contributed by atoms with Crippen molar-refractivity contribution in [1.82, 2.24) is 14.7 Å². The molecular weight excluding hydrogens is 410 g/mol. The summed E-state index contributed by atoms with van der Waals surface area (Å²) in [6.45, 7) is 2.73. The first kappa shape index (κ1) is 21.5. The molecule has 2 amide bonds. The summed E-state index contributed by atoms with van der Waals surface area (Å²) in [6, 6.07) is 14.6. The molecule has 9 heteroatoms. The first-order valence-corrected chi connectivity index (χ1v) is 10.4. The molecule has 1 fully saturated rings. The molecule has 2 aromatic carbocycles. The number of anilines is 2. The van der Waals surface area contributed by atoms with E-state index in [2.05, 4.69) is 15.3 Å². The van der Waals surface area contributed by atoms with Crippen molar-refractivity contribution < 1.29 is 14.3 Å². The summed E-state index contributed by atoms with van der Waals surface area (Å²) in [5.41, 5.74) is 1.39. The van der Waals surface area contributed by atoms with Gasteiger partial charge in [-0.05, 0) is 30.3 Å². The van der Waals surface area contributed by atoms with Crippen molar-refractivity contribution in [3.8, 4) is 0 Å². The number of likely N-dealkylation sites (N-methyl/N-ethyl adjacent to an activating group) is 1. The van der Waals surface area contributed by atoms with E-state index in [4.69, 9.17) is 4.74 Å². The van der Waals surface area contributed by atoms with Crippen LogP contribution in [-0.2, 0) is 20.9 Å². The van der Waals surface area contributed by atoms with Gasteiger partial charge in [-0.15, -0.1) is 0 Å². The van der Waals surface area contributed by atoms with Crippen molar-refractivity contribution in [3.05, 3.63) is 65.1 Å². The van der Waals surface area contributed by atoms with Crippen molar-refractivity contribution in [2.24, 2.45) is 0 Å². The van der Waals surface area contributed by atoms with Crippen molar-refractivity contribution in [2.75, 3.05) is 50.1 Å². The number of aromatic nitrogens is 2. The largest absolute Gasteiger partial charge is 0.378 e. The molecule has 3 aromatic rings. The van der Waals surface area contributed by atoms with Crippen LogP contribution in [0.1, 0.15) is 0 Å². The molecule has 0 aliphatic carbocycles. The third-order valence-corrected chi connectivity index (χ3v) is 5.38. The van der Waals surface area contributed by atoms with E-state index in [0.717, 1.165) is 23.5 Å². The highest BCUT2D eigenvalue weighted by molar-refractivity contribution is 5.94. The highest BCUT2D eigenvalue weighted by atomic mass is 16.5. The van der Waals surface area contributed by atoms with Gasteiger partial charge in [-0.25, -0.2) is 4.68 Å². The van der Waals surface area contributed by atoms with Crippen LogP contribution < -0.4 is 15.8 Å². The monoisotopic (exact) mass is 435 g/mol. The quantitative estimate of drug-likeness (QED) is 0.628. The minimum atomic E-state index is -0.382. The summed E-state index contributed by atoms with van der Waals surface area (Å²) in [5, 5.41) is 8.08. The molecule has 1 saturated heterocycles. The number of carbonyl (C=O) groups is 2. The zero-order chi connectivity index (χ0) is 22.5. The smallest absolute Gasteiger partial charge is 0.275 e. The molecular formula is C23H25N5O4. The van der Waals surface area contributed by atoms with Crippen molar-refractivity contribution >= 4 is 34.0 Å². The lowest BCUT2D eigenvalue weighted by Crippen LogP contribution is -2.39. The summed E-state index contributed by atoms with van der Waals surface area (Å²) in [5.74, 6) is -0.702. The first-order valence-electron chi connectivity index (χ1n) is 10.4. The minimum Gasteiger partial charge on any atom is -0.378 e. The number of rotatable bonds is 6. The molecule has 0 saturated carbocycles. The van der Waals surface area contributed by atoms with Crippen LogP contribution in [0.2, 0.25) is 0 Å². The fourth-order valence-electron chi connectivity index (χ4n) is 3.57. The number of nitrogens with zero attached hydrogens (tertiary/aromatic N) is 4. The van der Waals surface area contributed by atoms with Gasteiger partial charge in [-0.1, -0.05) is 18.2 Å². The first-order chi connectivity index (χ1) is 15.5. The molecule has 1 N–H and O–H groups in total. The highest BCUT2D eigenvalue weighted by Gasteiger charge is 2.16. The molecule has 0 atom stereocenters. The Morgan fingerprint density at radius 3 is 2.56 bits per heavy atom. The normalized spacial score (nSPS) is 13.7. The molecule has 0 spiro atoms. The highest BCUT2D eigenvalue weighted by Crippen LogP contribution is 2.19. The number of hydrogen-bond acceptors (Lipinski definition) is 6. The average Bonchev–Trinajstić information content (AvgIpc) is 2.82. The Balaban J connectivity index is 1.32. The Labute approximate surface area is 185 Å². The Hall–Kier alpha value is -3.72. The number of morpholine rings is 1. The fourth-order valence-corrected chi connectivity index (χ4v) is 3.57. The lowest BCUT2D eigenvalue weighted by atomic mass is 10.2. The maximum atomic E-state index is 12.5. The van der Waals surface area contributed by atoms with Gasteiger partial charge in [0.15, 0.2) is 0 Å². The van der Waals surface area contributed by atoms with E-state index in [9.17, 15) is 14.4 Å². The Bertz CT molecular complexity index is 1170. The topological polar surface area (TPSA) is 96.8 Å². The van der Waals surface area contributed by atoms with Crippen molar-refractivity contribution in [1.29, 1.82) is 0 Å². The van der Waals surface area contributed by atoms with Gasteiger partial charge in [-0.3, -0.25) is 14.4 Å². The van der Waals surface area contributed by atoms with Gasteiger partial charge in [0.25, 0.3) is 5.56 Å². The average molecular weight is 435 g/mol. The van der Waals surface area contributed by atoms with Crippen molar-refractivity contribution in [2.45, 2.75) is 6.54 Å². The number of fused-ring (bicyclic) bond motifs is 1. The van der Waals surface area contributed by atoms with Crippen LogP contribution in [0, 0.1) is 0 Å². The van der Waals surface area contributed by atoms with E-state index < -0.39 is 0 Å². The van der Waals surface area contributed by atoms with Crippen LogP contribution in [0.3, 0.4) is 0 Å². The molecule has 2 heterocycles. The molecule has 0 radical (unpaired) electrons. The van der Waals surface area contributed by atoms with Gasteiger partial charge >= 0.3 is 0 Å². The summed E-state index contributed by atoms with van der Waals surface area (Å²) < 4.78 is 6.48. The third kappa shape index (κ3) is 4.94. The van der Waals surface area contributed by atoms with E-state index in [1.165, 1.54) is 11.9 Å². The van der Waals surface area contributed by atoms with Crippen LogP contribution in [0.25, 0.3) is 10.8 Å². The second-order valence-corrected chi connectivity index (χ2v) is 7.64. The lowest BCUT2D eigenvalue weighted by Gasteiger charge is -2.28. The molecule has 1 aromatic heterocycles. The zero-order valence-electron chi connectivity index (χ0n) is 17.9. The third-order valence-electron chi connectivity index (χ3n) is 5.38. The number of hydrogen-bond donors (Lipinski definition) is 1. The second-order valence-electron chi connectivity index (χ2n) is 7.64. The Morgan fingerprint density at radius 1 is 1.09 bits per heavy atom. The second kappa shape index (κ2) is 9.61. The van der Waals surface area contributed by atoms with Crippen LogP contribution in [0.15, 0.2) is 59.5 Å². The molecule has 32 heavy (non-hydrogen) atoms. The lowest BCUT2D eigenvalue weighted by molar-refractivity contribution is -0.134. The summed E-state index contributed by atoms with van der Waals surface area (Å²) in [4.78, 5) is 41.0. The summed E-state index contributed by atoms with van der Waals surface area (Å²) in [7, 11) is 1.52. The summed E-state index contributed by atoms with van der Waals surface area (Å²) >= 11 is 0. The predicted molar refractivity (Wildman–Crippen MR) is 122 cm³/mol. The van der Waals surface area contributed by atoms with Gasteiger partial charge < -0.3 is 19.9 Å². The Kier molecular flexibility index (Phi) is 6.46. The minimum absolute atomic E-state index is 0.133. The standard InChI is InChI=1S/C23H25N5O4/c1-26(22(30)16-28-23(31)20-5-3-2-4-17(20)14-24-28)15-21(29)25-18-6-8-19(9-7-18)27-10-12-32-13-11-27/h2-9,14H,10-13,15-16H2,1H3,(H,25,29). The van der Waals surface area contributed by atoms with E-state index in [1.54, 1.807) is 24.4 Å². The fraction of sp³-hybridized carbons (Fsp3) is 0.304. The van der Waals surface area contributed by atoms with Gasteiger partial charge in [0.05, 0.1) is 31.3 Å². The maximum absolute atomic E-state index is 12.5. The van der Waals surface area contributed by atoms with Gasteiger partial charge in [0.1, 0.15) is 6.54 Å². The predicted octanol–water partition coefficient (Wildman–Crippen LogP) is 1.33. The zero-order valence-corrected chi connectivity index (χ0v) is 17.9. The number of ether oxygens (including phenoxy) is 1. The molecule has 0 unspecified atom stereocenters. The Morgan fingerprint density at radius 2 is 1.81 bits per heavy atom. The maximum Gasteiger partial charge on any atom is 0.275 e. The van der Waals surface area contributed by atoms with E-state index in [-0.39, 0.29) is 30.5 Å². The van der Waals surface area contributed by atoms with Gasteiger partial charge in [-0.2, -0.15) is 5.10 Å². The van der Waals surface area contributed by atoms with Crippen LogP contribution in [-0.4, -0.2) is 66.4 Å². The van der Waals surface area contributed by atoms with E-state index in [0.29, 0.717) is 29.7 Å². The molecule has 4 rings (SSSR count). The molecule has 1 aliphatic heterocycles. The van der Waals surface area contributed by atoms with Crippen molar-refractivity contribution in [3.63, 3.8) is 0 Å². The molecule has 1 aliphatic rings. The van der Waals surface area contributed by atoms with Gasteiger partial charge in [0.2, 0.25) is 11.8 Å². The van der Waals surface area contributed by atoms with E-state index >= 15 is 0 Å². The number of carbonyl (C=O) groups excluding carboxylic acids is 2.